The van der Waals surface area contributed by atoms with E-state index in [1.54, 1.807) is 12.1 Å². The van der Waals surface area contributed by atoms with Gasteiger partial charge in [-0.3, -0.25) is 4.31 Å². The van der Waals surface area contributed by atoms with Crippen LogP contribution in [-0.2, 0) is 22.0 Å². The number of nitrogens with zero attached hydrogens (tertiary/aromatic N) is 4. The topological polar surface area (TPSA) is 127 Å². The number of hydrogen-bond donors (Lipinski definition) is 2. The van der Waals surface area contributed by atoms with Crippen molar-refractivity contribution in [3.63, 3.8) is 0 Å². The molecule has 3 N–H and O–H groups in total. The summed E-state index contributed by atoms with van der Waals surface area (Å²) in [5.41, 5.74) is 7.29. The third-order valence-corrected chi connectivity index (χ3v) is 7.58. The number of anilines is 2. The van der Waals surface area contributed by atoms with Crippen molar-refractivity contribution in [2.45, 2.75) is 45.2 Å². The molecule has 1 fully saturated rings. The molecule has 3 aromatic rings. The van der Waals surface area contributed by atoms with E-state index in [2.05, 4.69) is 34.3 Å². The summed E-state index contributed by atoms with van der Waals surface area (Å²) in [6.07, 6.45) is 2.82. The summed E-state index contributed by atoms with van der Waals surface area (Å²) in [4.78, 5) is 4.53. The number of benzene rings is 1. The van der Waals surface area contributed by atoms with Gasteiger partial charge >= 0.3 is 0 Å². The predicted octanol–water partition coefficient (Wildman–Crippen LogP) is 3.40. The summed E-state index contributed by atoms with van der Waals surface area (Å²) in [7, 11) is -2.04. The maximum absolute atomic E-state index is 12.2. The zero-order valence-corrected chi connectivity index (χ0v) is 21.0. The number of sulfonamides is 1. The summed E-state index contributed by atoms with van der Waals surface area (Å²) in [5.74, 6) is 2.59. The minimum absolute atomic E-state index is 0.200. The Morgan fingerprint density at radius 1 is 1.26 bits per heavy atom. The first kappa shape index (κ1) is 24.2. The van der Waals surface area contributed by atoms with Crippen molar-refractivity contribution in [3.05, 3.63) is 53.9 Å². The Kier molecular flexibility index (Phi) is 6.39. The van der Waals surface area contributed by atoms with Gasteiger partial charge in [-0.15, -0.1) is 10.2 Å². The molecule has 10 heteroatoms. The molecule has 0 spiro atoms. The lowest BCUT2D eigenvalue weighted by Crippen LogP contribution is -2.35. The predicted molar refractivity (Wildman–Crippen MR) is 133 cm³/mol. The molecule has 4 rings (SSSR count). The molecule has 0 unspecified atom stereocenters. The van der Waals surface area contributed by atoms with E-state index in [0.717, 1.165) is 22.5 Å². The largest absolute Gasteiger partial charge is 0.419 e. The first-order valence-corrected chi connectivity index (χ1v) is 13.2. The molecule has 0 radical (unpaired) electrons. The smallest absolute Gasteiger partial charge is 0.248 e. The molecule has 0 saturated heterocycles. The van der Waals surface area contributed by atoms with Gasteiger partial charge in [-0.25, -0.2) is 13.4 Å². The highest BCUT2D eigenvalue weighted by Gasteiger charge is 2.37. The van der Waals surface area contributed by atoms with Crippen molar-refractivity contribution in [1.29, 1.82) is 0 Å². The van der Waals surface area contributed by atoms with Crippen LogP contribution >= 0.6 is 0 Å². The molecule has 1 saturated carbocycles. The third kappa shape index (κ3) is 5.39. The fourth-order valence-electron chi connectivity index (χ4n) is 4.10. The molecular formula is C24H32N6O3S. The Hall–Kier alpha value is -2.98. The van der Waals surface area contributed by atoms with Crippen molar-refractivity contribution >= 4 is 21.7 Å². The standard InChI is InChI=1S/C24H32N6O3S/c1-15-11-19(15)16(2)26-20-12-18(13-21(27-20)30(4)34(5,31)32)22-28-29-23(33-22)24(3,25)14-17-9-7-6-8-10-17/h6-10,12-13,15-16,19H,11,14,25H2,1-5H3,(H,26,27)/t15-,16-,19-,24+/m0/s1. The Morgan fingerprint density at radius 2 is 1.94 bits per heavy atom. The summed E-state index contributed by atoms with van der Waals surface area (Å²) >= 11 is 0. The van der Waals surface area contributed by atoms with Crippen LogP contribution in [0.25, 0.3) is 11.5 Å². The van der Waals surface area contributed by atoms with Gasteiger partial charge in [-0.1, -0.05) is 37.3 Å². The first-order valence-electron chi connectivity index (χ1n) is 11.3. The lowest BCUT2D eigenvalue weighted by Gasteiger charge is -2.20. The molecule has 4 atom stereocenters. The molecule has 2 heterocycles. The summed E-state index contributed by atoms with van der Waals surface area (Å²) in [6.45, 7) is 6.17. The average Bonchev–Trinajstić information content (AvgIpc) is 3.29. The summed E-state index contributed by atoms with van der Waals surface area (Å²) in [6, 6.07) is 13.5. The molecule has 182 valence electrons. The van der Waals surface area contributed by atoms with E-state index in [1.165, 1.54) is 7.05 Å². The van der Waals surface area contributed by atoms with E-state index in [0.29, 0.717) is 35.5 Å². The second-order valence-corrected chi connectivity index (χ2v) is 11.6. The number of nitrogens with two attached hydrogens (primary N) is 1. The fraction of sp³-hybridized carbons (Fsp3) is 0.458. The maximum Gasteiger partial charge on any atom is 0.248 e. The molecular weight excluding hydrogens is 452 g/mol. The summed E-state index contributed by atoms with van der Waals surface area (Å²) in [5, 5.41) is 11.8. The Labute approximate surface area is 200 Å². The van der Waals surface area contributed by atoms with Crippen molar-refractivity contribution in [2.75, 3.05) is 22.9 Å². The highest BCUT2D eigenvalue weighted by molar-refractivity contribution is 7.92. The molecule has 0 bridgehead atoms. The SMILES string of the molecule is C[C@H](Nc1cc(-c2nnc([C@](C)(N)Cc3ccccc3)o2)cc(N(C)S(C)(=O)=O)n1)[C@H]1C[C@@H]1C. The van der Waals surface area contributed by atoms with Gasteiger partial charge in [-0.05, 0) is 56.2 Å². The lowest BCUT2D eigenvalue weighted by molar-refractivity contribution is 0.355. The van der Waals surface area contributed by atoms with Gasteiger partial charge in [0.05, 0.1) is 11.8 Å². The minimum Gasteiger partial charge on any atom is -0.419 e. The van der Waals surface area contributed by atoms with Crippen LogP contribution in [0.1, 0.15) is 38.6 Å². The van der Waals surface area contributed by atoms with Crippen molar-refractivity contribution in [1.82, 2.24) is 15.2 Å². The molecule has 2 aromatic heterocycles. The van der Waals surface area contributed by atoms with E-state index >= 15 is 0 Å². The molecule has 0 amide bonds. The Balaban J connectivity index is 1.66. The molecule has 1 aliphatic rings. The Bertz CT molecular complexity index is 1260. The molecule has 34 heavy (non-hydrogen) atoms. The number of hydrogen-bond acceptors (Lipinski definition) is 8. The van der Waals surface area contributed by atoms with Gasteiger partial charge in [0.25, 0.3) is 0 Å². The van der Waals surface area contributed by atoms with Crippen LogP contribution < -0.4 is 15.4 Å². The van der Waals surface area contributed by atoms with E-state index < -0.39 is 15.6 Å². The Morgan fingerprint density at radius 3 is 2.56 bits per heavy atom. The lowest BCUT2D eigenvalue weighted by atomic mass is 9.94. The van der Waals surface area contributed by atoms with Gasteiger partial charge in [0.15, 0.2) is 0 Å². The monoisotopic (exact) mass is 484 g/mol. The van der Waals surface area contributed by atoms with Gasteiger partial charge in [0, 0.05) is 18.7 Å². The number of pyridine rings is 1. The van der Waals surface area contributed by atoms with Crippen LogP contribution in [0.15, 0.2) is 46.9 Å². The van der Waals surface area contributed by atoms with Gasteiger partial charge in [0.1, 0.15) is 11.6 Å². The first-order chi connectivity index (χ1) is 15.9. The van der Waals surface area contributed by atoms with Crippen LogP contribution in [0, 0.1) is 11.8 Å². The van der Waals surface area contributed by atoms with Gasteiger partial charge < -0.3 is 15.5 Å². The second kappa shape index (κ2) is 8.99. The molecule has 9 nitrogen and oxygen atoms in total. The second-order valence-electron chi connectivity index (χ2n) is 9.63. The van der Waals surface area contributed by atoms with E-state index in [9.17, 15) is 8.42 Å². The van der Waals surface area contributed by atoms with Crippen molar-refractivity contribution in [3.8, 4) is 11.5 Å². The number of rotatable bonds is 9. The highest BCUT2D eigenvalue weighted by Crippen LogP contribution is 2.41. The highest BCUT2D eigenvalue weighted by atomic mass is 32.2. The third-order valence-electron chi connectivity index (χ3n) is 6.40. The van der Waals surface area contributed by atoms with Crippen LogP contribution in [0.3, 0.4) is 0 Å². The van der Waals surface area contributed by atoms with Gasteiger partial charge in [0.2, 0.25) is 21.8 Å². The van der Waals surface area contributed by atoms with E-state index in [1.807, 2.05) is 37.3 Å². The molecule has 0 aliphatic heterocycles. The quantitative estimate of drug-likeness (QED) is 0.473. The normalized spacial score (nSPS) is 20.4. The van der Waals surface area contributed by atoms with E-state index in [-0.39, 0.29) is 17.8 Å². The zero-order valence-electron chi connectivity index (χ0n) is 20.2. The van der Waals surface area contributed by atoms with Crippen LogP contribution in [0.4, 0.5) is 11.6 Å². The fourth-order valence-corrected chi connectivity index (χ4v) is 4.53. The zero-order chi connectivity index (χ0) is 24.7. The van der Waals surface area contributed by atoms with Crippen LogP contribution in [-0.4, -0.2) is 42.9 Å². The minimum atomic E-state index is -3.51. The number of nitrogens with one attached hydrogen (secondary N) is 1. The number of aromatic nitrogens is 3. The molecule has 1 aliphatic carbocycles. The summed E-state index contributed by atoms with van der Waals surface area (Å²) < 4.78 is 31.5. The average molecular weight is 485 g/mol. The van der Waals surface area contributed by atoms with Crippen molar-refractivity contribution in [2.24, 2.45) is 17.6 Å². The molecule has 1 aromatic carbocycles. The van der Waals surface area contributed by atoms with Gasteiger partial charge in [-0.2, -0.15) is 0 Å². The maximum atomic E-state index is 12.2. The van der Waals surface area contributed by atoms with Crippen LogP contribution in [0.2, 0.25) is 0 Å². The van der Waals surface area contributed by atoms with E-state index in [4.69, 9.17) is 10.2 Å². The van der Waals surface area contributed by atoms with Crippen molar-refractivity contribution < 1.29 is 12.8 Å². The van der Waals surface area contributed by atoms with Crippen LogP contribution in [0.5, 0.6) is 0 Å².